The number of aryl methyl sites for hydroxylation is 1. The van der Waals surface area contributed by atoms with E-state index >= 15 is 0 Å². The van der Waals surface area contributed by atoms with Crippen molar-refractivity contribution in [1.82, 2.24) is 4.57 Å². The van der Waals surface area contributed by atoms with E-state index in [1.165, 1.54) is 12.1 Å². The van der Waals surface area contributed by atoms with Crippen LogP contribution in [0.4, 0.5) is 18.9 Å². The van der Waals surface area contributed by atoms with Gasteiger partial charge in [0, 0.05) is 23.7 Å². The van der Waals surface area contributed by atoms with Crippen LogP contribution in [0.25, 0.3) is 15.7 Å². The van der Waals surface area contributed by atoms with E-state index in [9.17, 15) is 13.2 Å². The van der Waals surface area contributed by atoms with Gasteiger partial charge in [0.1, 0.15) is 0 Å². The number of benzene rings is 1. The number of rotatable bonds is 3. The van der Waals surface area contributed by atoms with E-state index < -0.39 is 11.7 Å². The van der Waals surface area contributed by atoms with Crippen molar-refractivity contribution < 1.29 is 17.9 Å². The Kier molecular flexibility index (Phi) is 3.97. The first-order chi connectivity index (χ1) is 9.81. The quantitative estimate of drug-likeness (QED) is 0.749. The lowest BCUT2D eigenvalue weighted by Gasteiger charge is -2.17. The average Bonchev–Trinajstić information content (AvgIpc) is 2.72. The zero-order valence-corrected chi connectivity index (χ0v) is 12.0. The molecule has 0 aliphatic heterocycles. The second kappa shape index (κ2) is 5.41. The van der Waals surface area contributed by atoms with Crippen molar-refractivity contribution in [2.45, 2.75) is 26.1 Å². The molecule has 3 nitrogen and oxygen atoms in total. The second-order valence-corrected chi connectivity index (χ2v) is 4.96. The van der Waals surface area contributed by atoms with E-state index in [1.807, 2.05) is 11.5 Å². The maximum absolute atomic E-state index is 13.3. The lowest BCUT2D eigenvalue weighted by molar-refractivity contribution is -0.135. The number of halogens is 3. The van der Waals surface area contributed by atoms with Crippen molar-refractivity contribution in [1.29, 1.82) is 0 Å². The first-order valence-corrected chi connectivity index (χ1v) is 6.39. The Labute approximate surface area is 120 Å². The lowest BCUT2D eigenvalue weighted by Crippen LogP contribution is -2.12. The van der Waals surface area contributed by atoms with Gasteiger partial charge in [0.05, 0.1) is 24.8 Å². The smallest absolute Gasteiger partial charge is 0.383 e. The summed E-state index contributed by atoms with van der Waals surface area (Å²) in [5.74, 6) is 0. The zero-order chi connectivity index (χ0) is 15.8. The minimum absolute atomic E-state index is 0.0662. The molecule has 2 rings (SSSR count). The van der Waals surface area contributed by atoms with Crippen LogP contribution in [0.3, 0.4) is 0 Å². The lowest BCUT2D eigenvalue weighted by atomic mass is 10.1. The van der Waals surface area contributed by atoms with Crippen LogP contribution in [-0.2, 0) is 10.9 Å². The number of alkyl halides is 3. The Balaban J connectivity index is 2.79. The molecule has 0 unspecified atom stereocenters. The highest BCUT2D eigenvalue weighted by Gasteiger charge is 2.36. The van der Waals surface area contributed by atoms with Gasteiger partial charge in [-0.1, -0.05) is 6.07 Å². The van der Waals surface area contributed by atoms with Gasteiger partial charge in [0.2, 0.25) is 0 Å². The van der Waals surface area contributed by atoms with Crippen LogP contribution >= 0.6 is 0 Å². The molecule has 0 spiro atoms. The molecule has 0 saturated heterocycles. The largest absolute Gasteiger partial charge is 0.408 e. The van der Waals surface area contributed by atoms with Crippen LogP contribution in [-0.4, -0.2) is 18.3 Å². The molecule has 0 aliphatic carbocycles. The van der Waals surface area contributed by atoms with E-state index in [0.717, 1.165) is 0 Å². The van der Waals surface area contributed by atoms with Crippen LogP contribution in [0.5, 0.6) is 0 Å². The number of nitrogens with zero attached hydrogens (tertiary/aromatic N) is 2. The number of fused-ring (bicyclic) bond motifs is 1. The Morgan fingerprint density at radius 1 is 1.38 bits per heavy atom. The van der Waals surface area contributed by atoms with Gasteiger partial charge in [0.15, 0.2) is 5.69 Å². The van der Waals surface area contributed by atoms with Crippen LogP contribution in [0, 0.1) is 13.5 Å². The monoisotopic (exact) mass is 296 g/mol. The van der Waals surface area contributed by atoms with E-state index in [1.54, 1.807) is 20.1 Å². The molecule has 0 amide bonds. The molecule has 21 heavy (non-hydrogen) atoms. The van der Waals surface area contributed by atoms with Crippen molar-refractivity contribution in [3.8, 4) is 0 Å². The van der Waals surface area contributed by atoms with Crippen molar-refractivity contribution in [3.05, 3.63) is 40.9 Å². The van der Waals surface area contributed by atoms with E-state index in [0.29, 0.717) is 17.8 Å². The highest BCUT2D eigenvalue weighted by atomic mass is 19.4. The van der Waals surface area contributed by atoms with Crippen molar-refractivity contribution in [2.75, 3.05) is 13.7 Å². The van der Waals surface area contributed by atoms with Crippen LogP contribution in [0.1, 0.15) is 24.2 Å². The van der Waals surface area contributed by atoms with Gasteiger partial charge in [-0.3, -0.25) is 0 Å². The molecule has 6 heteroatoms. The normalized spacial score (nSPS) is 13.4. The highest BCUT2D eigenvalue weighted by molar-refractivity contribution is 5.90. The third kappa shape index (κ3) is 2.61. The summed E-state index contributed by atoms with van der Waals surface area (Å²) in [6.45, 7) is 11.0. The van der Waals surface area contributed by atoms with Crippen molar-refractivity contribution in [2.24, 2.45) is 0 Å². The molecule has 0 bridgehead atoms. The molecule has 0 saturated carbocycles. The Morgan fingerprint density at radius 3 is 2.57 bits per heavy atom. The summed E-state index contributed by atoms with van der Waals surface area (Å²) in [6.07, 6.45) is -4.55. The summed E-state index contributed by atoms with van der Waals surface area (Å²) < 4.78 is 46.7. The van der Waals surface area contributed by atoms with Gasteiger partial charge < -0.3 is 9.30 Å². The fraction of sp³-hybridized carbons (Fsp3) is 0.400. The topological polar surface area (TPSA) is 18.5 Å². The van der Waals surface area contributed by atoms with Crippen LogP contribution in [0.15, 0.2) is 18.2 Å². The fourth-order valence-corrected chi connectivity index (χ4v) is 2.71. The number of aromatic nitrogens is 1. The van der Waals surface area contributed by atoms with Crippen molar-refractivity contribution in [3.63, 3.8) is 0 Å². The predicted molar refractivity (Wildman–Crippen MR) is 74.5 cm³/mol. The molecule has 1 aromatic carbocycles. The van der Waals surface area contributed by atoms with Gasteiger partial charge in [-0.05, 0) is 26.0 Å². The Morgan fingerprint density at radius 2 is 2.05 bits per heavy atom. The first-order valence-electron chi connectivity index (χ1n) is 6.39. The van der Waals surface area contributed by atoms with Gasteiger partial charge in [-0.15, -0.1) is 0 Å². The van der Waals surface area contributed by atoms with Crippen molar-refractivity contribution >= 4 is 16.6 Å². The molecule has 2 aromatic rings. The number of hydrogen-bond acceptors (Lipinski definition) is 1. The summed E-state index contributed by atoms with van der Waals surface area (Å²) >= 11 is 0. The third-order valence-electron chi connectivity index (χ3n) is 3.45. The third-order valence-corrected chi connectivity index (χ3v) is 3.45. The SMILES string of the molecule is [C-]#[N+]c1ccc2c(cc(C)n2[C@H](C)COC)c1C(F)(F)F. The molecule has 0 radical (unpaired) electrons. The summed E-state index contributed by atoms with van der Waals surface area (Å²) in [5.41, 5.74) is -0.0491. The number of methoxy groups -OCH3 is 1. The Hall–Kier alpha value is -2.00. The molecule has 112 valence electrons. The molecule has 0 N–H and O–H groups in total. The zero-order valence-electron chi connectivity index (χ0n) is 12.0. The molecule has 1 atom stereocenters. The first kappa shape index (κ1) is 15.4. The summed E-state index contributed by atoms with van der Waals surface area (Å²) in [7, 11) is 1.55. The fourth-order valence-electron chi connectivity index (χ4n) is 2.71. The summed E-state index contributed by atoms with van der Waals surface area (Å²) in [5, 5.41) is 0.0662. The molecular formula is C15H15F3N2O. The second-order valence-electron chi connectivity index (χ2n) is 4.96. The standard InChI is InChI=1S/C15H15F3N2O/c1-9-7-11-13(20(9)10(2)8-21-4)6-5-12(19-3)14(11)15(16,17)18/h5-7,10H,8H2,1-2,4H3/t10-/m1/s1. The molecule has 1 aromatic heterocycles. The maximum atomic E-state index is 13.3. The van der Waals surface area contributed by atoms with Crippen LogP contribution in [0.2, 0.25) is 0 Å². The van der Waals surface area contributed by atoms with E-state index in [-0.39, 0.29) is 17.1 Å². The van der Waals surface area contributed by atoms with Gasteiger partial charge in [-0.2, -0.15) is 13.2 Å². The molecule has 0 aliphatic rings. The minimum atomic E-state index is -4.55. The van der Waals surface area contributed by atoms with Gasteiger partial charge >= 0.3 is 6.18 Å². The van der Waals surface area contributed by atoms with Gasteiger partial charge in [-0.25, -0.2) is 4.85 Å². The molecule has 0 fully saturated rings. The number of hydrogen-bond donors (Lipinski definition) is 0. The minimum Gasteiger partial charge on any atom is -0.383 e. The van der Waals surface area contributed by atoms with Crippen LogP contribution < -0.4 is 0 Å². The van der Waals surface area contributed by atoms with E-state index in [4.69, 9.17) is 11.3 Å². The van der Waals surface area contributed by atoms with E-state index in [2.05, 4.69) is 4.85 Å². The maximum Gasteiger partial charge on any atom is 0.408 e. The van der Waals surface area contributed by atoms with Gasteiger partial charge in [0.25, 0.3) is 0 Å². The molecule has 1 heterocycles. The highest BCUT2D eigenvalue weighted by Crippen LogP contribution is 2.42. The summed E-state index contributed by atoms with van der Waals surface area (Å²) in [4.78, 5) is 3.00. The number of ether oxygens (including phenoxy) is 1. The Bertz CT molecular complexity index is 710. The molecular weight excluding hydrogens is 281 g/mol. The average molecular weight is 296 g/mol. The summed E-state index contributed by atoms with van der Waals surface area (Å²) in [6, 6.07) is 4.19. The predicted octanol–water partition coefficient (Wildman–Crippen LogP) is 4.73.